The molecule has 1 aliphatic heterocycles. The van der Waals surface area contributed by atoms with Crippen molar-refractivity contribution < 1.29 is 9.47 Å². The maximum Gasteiger partial charge on any atom is 0.175 e. The average Bonchev–Trinajstić information content (AvgIpc) is 2.45. The minimum absolute atomic E-state index is 0.552. The van der Waals surface area contributed by atoms with E-state index in [0.717, 1.165) is 48.6 Å². The Kier molecular flexibility index (Phi) is 6.33. The first kappa shape index (κ1) is 16.6. The van der Waals surface area contributed by atoms with Gasteiger partial charge in [0.1, 0.15) is 0 Å². The number of nitrogens with one attached hydrogen (secondary N) is 1. The first-order valence-corrected chi connectivity index (χ1v) is 8.38. The van der Waals surface area contributed by atoms with E-state index in [1.165, 1.54) is 5.56 Å². The predicted molar refractivity (Wildman–Crippen MR) is 89.2 cm³/mol. The summed E-state index contributed by atoms with van der Waals surface area (Å²) in [6, 6.07) is 4.78. The smallest absolute Gasteiger partial charge is 0.175 e. The fourth-order valence-electron chi connectivity index (χ4n) is 2.62. The van der Waals surface area contributed by atoms with Gasteiger partial charge in [0, 0.05) is 32.2 Å². The molecule has 21 heavy (non-hydrogen) atoms. The van der Waals surface area contributed by atoms with Crippen LogP contribution in [0.25, 0.3) is 0 Å². The maximum absolute atomic E-state index is 5.77. The second-order valence-electron chi connectivity index (χ2n) is 5.55. The first-order valence-electron chi connectivity index (χ1n) is 7.59. The van der Waals surface area contributed by atoms with Crippen LogP contribution in [-0.4, -0.2) is 44.3 Å². The molecule has 1 atom stereocenters. The molecule has 0 amide bonds. The van der Waals surface area contributed by atoms with Gasteiger partial charge in [-0.15, -0.1) is 0 Å². The lowest BCUT2D eigenvalue weighted by Crippen LogP contribution is -2.48. The normalized spacial score (nSPS) is 19.5. The van der Waals surface area contributed by atoms with Crippen LogP contribution >= 0.6 is 15.9 Å². The molecule has 0 aliphatic carbocycles. The van der Waals surface area contributed by atoms with E-state index in [0.29, 0.717) is 12.6 Å². The minimum Gasteiger partial charge on any atom is -0.493 e. The highest BCUT2D eigenvalue weighted by atomic mass is 79.9. The van der Waals surface area contributed by atoms with Crippen molar-refractivity contribution in [1.82, 2.24) is 10.2 Å². The van der Waals surface area contributed by atoms with Gasteiger partial charge in [-0.2, -0.15) is 0 Å². The Morgan fingerprint density at radius 3 is 2.90 bits per heavy atom. The number of ether oxygens (including phenoxy) is 2. The zero-order valence-corrected chi connectivity index (χ0v) is 14.7. The number of hydrogen-bond donors (Lipinski definition) is 1. The van der Waals surface area contributed by atoms with Gasteiger partial charge in [-0.1, -0.05) is 6.92 Å². The van der Waals surface area contributed by atoms with Gasteiger partial charge in [0.2, 0.25) is 0 Å². The van der Waals surface area contributed by atoms with Gasteiger partial charge in [-0.3, -0.25) is 4.90 Å². The fourth-order valence-corrected chi connectivity index (χ4v) is 3.23. The van der Waals surface area contributed by atoms with Crippen molar-refractivity contribution >= 4 is 15.9 Å². The Bertz CT molecular complexity index is 468. The highest BCUT2D eigenvalue weighted by Gasteiger charge is 2.17. The van der Waals surface area contributed by atoms with E-state index < -0.39 is 0 Å². The predicted octanol–water partition coefficient (Wildman–Crippen LogP) is 3.04. The summed E-state index contributed by atoms with van der Waals surface area (Å²) in [5.74, 6) is 1.60. The van der Waals surface area contributed by atoms with Gasteiger partial charge in [-0.05, 0) is 47.0 Å². The first-order chi connectivity index (χ1) is 10.1. The highest BCUT2D eigenvalue weighted by molar-refractivity contribution is 9.10. The van der Waals surface area contributed by atoms with Crippen LogP contribution in [-0.2, 0) is 6.54 Å². The van der Waals surface area contributed by atoms with Gasteiger partial charge in [0.25, 0.3) is 0 Å². The minimum atomic E-state index is 0.552. The lowest BCUT2D eigenvalue weighted by molar-refractivity contribution is 0.199. The second-order valence-corrected chi connectivity index (χ2v) is 6.40. The molecule has 1 aliphatic rings. The molecule has 0 aromatic heterocycles. The molecule has 1 aromatic rings. The number of nitrogens with zero attached hydrogens (tertiary/aromatic N) is 1. The standard InChI is InChI=1S/C16H25BrN2O2/c1-4-7-21-16-14(17)8-13(9-15(16)20-3)11-19-6-5-18-12(2)10-19/h8-9,12,18H,4-7,10-11H2,1-3H3/t12-/m0/s1. The number of methoxy groups -OCH3 is 1. The molecule has 2 rings (SSSR count). The quantitative estimate of drug-likeness (QED) is 0.849. The summed E-state index contributed by atoms with van der Waals surface area (Å²) < 4.78 is 12.2. The summed E-state index contributed by atoms with van der Waals surface area (Å²) in [5, 5.41) is 3.47. The summed E-state index contributed by atoms with van der Waals surface area (Å²) in [6.45, 7) is 9.17. The van der Waals surface area contributed by atoms with Crippen molar-refractivity contribution in [2.24, 2.45) is 0 Å². The van der Waals surface area contributed by atoms with Crippen LogP contribution in [0, 0.1) is 0 Å². The molecule has 1 aromatic carbocycles. The lowest BCUT2D eigenvalue weighted by Gasteiger charge is -2.32. The van der Waals surface area contributed by atoms with Gasteiger partial charge < -0.3 is 14.8 Å². The monoisotopic (exact) mass is 356 g/mol. The molecule has 1 fully saturated rings. The van der Waals surface area contributed by atoms with Crippen LogP contribution in [0.15, 0.2) is 16.6 Å². The van der Waals surface area contributed by atoms with Crippen LogP contribution in [0.1, 0.15) is 25.8 Å². The van der Waals surface area contributed by atoms with Crippen molar-refractivity contribution in [2.45, 2.75) is 32.9 Å². The third kappa shape index (κ3) is 4.59. The van der Waals surface area contributed by atoms with Gasteiger partial charge in [0.05, 0.1) is 18.2 Å². The molecule has 0 unspecified atom stereocenters. The Hall–Kier alpha value is -0.780. The largest absolute Gasteiger partial charge is 0.493 e. The second kappa shape index (κ2) is 8.01. The number of benzene rings is 1. The number of piperazine rings is 1. The molecular formula is C16H25BrN2O2. The van der Waals surface area contributed by atoms with E-state index in [9.17, 15) is 0 Å². The maximum atomic E-state index is 5.77. The zero-order valence-electron chi connectivity index (χ0n) is 13.1. The van der Waals surface area contributed by atoms with Crippen LogP contribution in [0.2, 0.25) is 0 Å². The Morgan fingerprint density at radius 2 is 2.24 bits per heavy atom. The van der Waals surface area contributed by atoms with Gasteiger partial charge in [-0.25, -0.2) is 0 Å². The zero-order chi connectivity index (χ0) is 15.2. The van der Waals surface area contributed by atoms with E-state index in [1.54, 1.807) is 7.11 Å². The molecule has 1 heterocycles. The van der Waals surface area contributed by atoms with E-state index in [1.807, 2.05) is 0 Å². The molecule has 0 radical (unpaired) electrons. The fraction of sp³-hybridized carbons (Fsp3) is 0.625. The third-order valence-electron chi connectivity index (χ3n) is 3.60. The Morgan fingerprint density at radius 1 is 1.43 bits per heavy atom. The number of halogens is 1. The van der Waals surface area contributed by atoms with Gasteiger partial charge in [0.15, 0.2) is 11.5 Å². The number of rotatable bonds is 6. The van der Waals surface area contributed by atoms with Crippen molar-refractivity contribution in [3.05, 3.63) is 22.2 Å². The lowest BCUT2D eigenvalue weighted by atomic mass is 10.1. The van der Waals surface area contributed by atoms with Crippen LogP contribution in [0.3, 0.4) is 0 Å². The summed E-state index contributed by atoms with van der Waals surface area (Å²) in [7, 11) is 1.69. The summed E-state index contributed by atoms with van der Waals surface area (Å²) >= 11 is 3.61. The van der Waals surface area contributed by atoms with E-state index in [4.69, 9.17) is 9.47 Å². The number of hydrogen-bond acceptors (Lipinski definition) is 4. The summed E-state index contributed by atoms with van der Waals surface area (Å²) in [4.78, 5) is 2.47. The highest BCUT2D eigenvalue weighted by Crippen LogP contribution is 2.37. The van der Waals surface area contributed by atoms with Gasteiger partial charge >= 0.3 is 0 Å². The molecule has 1 N–H and O–H groups in total. The summed E-state index contributed by atoms with van der Waals surface area (Å²) in [5.41, 5.74) is 1.25. The molecular weight excluding hydrogens is 332 g/mol. The third-order valence-corrected chi connectivity index (χ3v) is 4.19. The molecule has 0 bridgehead atoms. The van der Waals surface area contributed by atoms with Crippen molar-refractivity contribution in [1.29, 1.82) is 0 Å². The SMILES string of the molecule is CCCOc1c(Br)cc(CN2CCN[C@@H](C)C2)cc1OC. The van der Waals surface area contributed by atoms with Crippen molar-refractivity contribution in [3.8, 4) is 11.5 Å². The molecule has 5 heteroatoms. The average molecular weight is 357 g/mol. The van der Waals surface area contributed by atoms with E-state index in [-0.39, 0.29) is 0 Å². The van der Waals surface area contributed by atoms with E-state index in [2.05, 4.69) is 52.1 Å². The van der Waals surface area contributed by atoms with Crippen LogP contribution in [0.4, 0.5) is 0 Å². The topological polar surface area (TPSA) is 33.7 Å². The van der Waals surface area contributed by atoms with E-state index >= 15 is 0 Å². The van der Waals surface area contributed by atoms with Crippen molar-refractivity contribution in [3.63, 3.8) is 0 Å². The molecule has 0 spiro atoms. The molecule has 0 saturated carbocycles. The Balaban J connectivity index is 2.11. The molecule has 1 saturated heterocycles. The van der Waals surface area contributed by atoms with Crippen LogP contribution < -0.4 is 14.8 Å². The van der Waals surface area contributed by atoms with Crippen molar-refractivity contribution in [2.75, 3.05) is 33.4 Å². The van der Waals surface area contributed by atoms with Crippen LogP contribution in [0.5, 0.6) is 11.5 Å². The Labute approximate surface area is 135 Å². The molecule has 4 nitrogen and oxygen atoms in total. The summed E-state index contributed by atoms with van der Waals surface area (Å²) in [6.07, 6.45) is 0.982. The molecule has 118 valence electrons.